The van der Waals surface area contributed by atoms with Gasteiger partial charge in [0.1, 0.15) is 5.15 Å². The predicted octanol–water partition coefficient (Wildman–Crippen LogP) is 1.80. The molecule has 0 saturated carbocycles. The molecule has 1 aromatic rings. The van der Waals surface area contributed by atoms with Crippen LogP contribution in [0.2, 0.25) is 5.15 Å². The fraction of sp³-hybridized carbons (Fsp3) is 0.545. The summed E-state index contributed by atoms with van der Waals surface area (Å²) in [6.45, 7) is 6.36. The molecule has 0 N–H and O–H groups in total. The van der Waals surface area contributed by atoms with Gasteiger partial charge in [0.15, 0.2) is 0 Å². The number of hydrogen-bond donors (Lipinski definition) is 0. The van der Waals surface area contributed by atoms with Crippen LogP contribution in [-0.2, 0) is 0 Å². The summed E-state index contributed by atoms with van der Waals surface area (Å²) in [5, 5.41) is 0.605. The summed E-state index contributed by atoms with van der Waals surface area (Å²) < 4.78 is 0. The number of anilines is 1. The van der Waals surface area contributed by atoms with Crippen LogP contribution >= 0.6 is 11.6 Å². The molecular formula is C11H16ClN3. The lowest BCUT2D eigenvalue weighted by Gasteiger charge is -2.33. The Morgan fingerprint density at radius 3 is 2.53 bits per heavy atom. The Balaban J connectivity index is 2.12. The standard InChI is InChI=1S/C11H16ClN3/c1-9-7-10(8-13-11(9)12)15-5-3-14(2)4-6-15/h7-8H,3-6H2,1-2H3. The first kappa shape index (κ1) is 10.7. The van der Waals surface area contributed by atoms with Gasteiger partial charge in [-0.25, -0.2) is 4.98 Å². The van der Waals surface area contributed by atoms with Crippen LogP contribution in [0.1, 0.15) is 5.56 Å². The molecule has 2 rings (SSSR count). The number of aromatic nitrogens is 1. The zero-order chi connectivity index (χ0) is 10.8. The topological polar surface area (TPSA) is 19.4 Å². The maximum absolute atomic E-state index is 5.90. The second-order valence-corrected chi connectivity index (χ2v) is 4.45. The number of likely N-dealkylation sites (N-methyl/N-ethyl adjacent to an activating group) is 1. The number of nitrogens with zero attached hydrogens (tertiary/aromatic N) is 3. The van der Waals surface area contributed by atoms with Crippen molar-refractivity contribution in [2.75, 3.05) is 38.1 Å². The highest BCUT2D eigenvalue weighted by Gasteiger charge is 2.14. The van der Waals surface area contributed by atoms with E-state index in [2.05, 4.69) is 27.9 Å². The molecule has 0 unspecified atom stereocenters. The molecule has 1 aliphatic heterocycles. The van der Waals surface area contributed by atoms with Crippen molar-refractivity contribution in [3.05, 3.63) is 23.0 Å². The van der Waals surface area contributed by atoms with Crippen molar-refractivity contribution < 1.29 is 0 Å². The van der Waals surface area contributed by atoms with E-state index in [1.807, 2.05) is 13.1 Å². The number of halogens is 1. The Labute approximate surface area is 95.7 Å². The summed E-state index contributed by atoms with van der Waals surface area (Å²) >= 11 is 5.90. The summed E-state index contributed by atoms with van der Waals surface area (Å²) in [6, 6.07) is 2.11. The summed E-state index contributed by atoms with van der Waals surface area (Å²) in [7, 11) is 2.16. The molecule has 0 atom stereocenters. The molecule has 82 valence electrons. The van der Waals surface area contributed by atoms with Crippen molar-refractivity contribution in [1.29, 1.82) is 0 Å². The Kier molecular flexibility index (Phi) is 3.12. The van der Waals surface area contributed by atoms with Crippen molar-refractivity contribution in [1.82, 2.24) is 9.88 Å². The lowest BCUT2D eigenvalue weighted by atomic mass is 10.2. The van der Waals surface area contributed by atoms with Gasteiger partial charge in [-0.2, -0.15) is 0 Å². The van der Waals surface area contributed by atoms with E-state index >= 15 is 0 Å². The van der Waals surface area contributed by atoms with E-state index in [1.54, 1.807) is 0 Å². The molecule has 0 bridgehead atoms. The van der Waals surface area contributed by atoms with Crippen molar-refractivity contribution in [2.45, 2.75) is 6.92 Å². The lowest BCUT2D eigenvalue weighted by Crippen LogP contribution is -2.44. The molecule has 0 radical (unpaired) electrons. The summed E-state index contributed by atoms with van der Waals surface area (Å²) in [5.41, 5.74) is 2.23. The first-order chi connectivity index (χ1) is 7.16. The van der Waals surface area contributed by atoms with Crippen LogP contribution in [0.5, 0.6) is 0 Å². The normalized spacial score (nSPS) is 18.2. The highest BCUT2D eigenvalue weighted by Crippen LogP contribution is 2.20. The highest BCUT2D eigenvalue weighted by molar-refractivity contribution is 6.30. The van der Waals surface area contributed by atoms with E-state index < -0.39 is 0 Å². The van der Waals surface area contributed by atoms with Gasteiger partial charge in [0.05, 0.1) is 11.9 Å². The number of piperazine rings is 1. The lowest BCUT2D eigenvalue weighted by molar-refractivity contribution is 0.313. The Bertz CT molecular complexity index is 346. The second kappa shape index (κ2) is 4.37. The number of rotatable bonds is 1. The van der Waals surface area contributed by atoms with Crippen molar-refractivity contribution in [3.63, 3.8) is 0 Å². The smallest absolute Gasteiger partial charge is 0.132 e. The number of pyridine rings is 1. The fourth-order valence-electron chi connectivity index (χ4n) is 1.78. The van der Waals surface area contributed by atoms with E-state index in [9.17, 15) is 0 Å². The number of aryl methyl sites for hydroxylation is 1. The molecule has 0 spiro atoms. The molecule has 4 heteroatoms. The third kappa shape index (κ3) is 2.41. The third-order valence-corrected chi connectivity index (χ3v) is 3.26. The van der Waals surface area contributed by atoms with Crippen LogP contribution in [0.4, 0.5) is 5.69 Å². The molecule has 0 amide bonds. The van der Waals surface area contributed by atoms with E-state index in [1.165, 1.54) is 5.69 Å². The van der Waals surface area contributed by atoms with Gasteiger partial charge in [0.2, 0.25) is 0 Å². The maximum atomic E-state index is 5.90. The quantitative estimate of drug-likeness (QED) is 0.680. The highest BCUT2D eigenvalue weighted by atomic mass is 35.5. The van der Waals surface area contributed by atoms with Crippen molar-refractivity contribution >= 4 is 17.3 Å². The fourth-order valence-corrected chi connectivity index (χ4v) is 1.88. The van der Waals surface area contributed by atoms with Crippen LogP contribution < -0.4 is 4.90 Å². The van der Waals surface area contributed by atoms with E-state index in [4.69, 9.17) is 11.6 Å². The average molecular weight is 226 g/mol. The van der Waals surface area contributed by atoms with Gasteiger partial charge in [-0.3, -0.25) is 0 Å². The van der Waals surface area contributed by atoms with Crippen LogP contribution in [0, 0.1) is 6.92 Å². The second-order valence-electron chi connectivity index (χ2n) is 4.09. The minimum atomic E-state index is 0.605. The zero-order valence-electron chi connectivity index (χ0n) is 9.20. The largest absolute Gasteiger partial charge is 0.368 e. The monoisotopic (exact) mass is 225 g/mol. The first-order valence-corrected chi connectivity index (χ1v) is 5.60. The van der Waals surface area contributed by atoms with Crippen LogP contribution in [0.15, 0.2) is 12.3 Å². The van der Waals surface area contributed by atoms with Crippen molar-refractivity contribution in [2.24, 2.45) is 0 Å². The molecule has 3 nitrogen and oxygen atoms in total. The molecule has 2 heterocycles. The molecular weight excluding hydrogens is 210 g/mol. The van der Waals surface area contributed by atoms with E-state index in [-0.39, 0.29) is 0 Å². The third-order valence-electron chi connectivity index (χ3n) is 2.87. The van der Waals surface area contributed by atoms with Gasteiger partial charge in [-0.1, -0.05) is 11.6 Å². The Hall–Kier alpha value is -0.800. The zero-order valence-corrected chi connectivity index (χ0v) is 9.96. The van der Waals surface area contributed by atoms with Crippen LogP contribution in [0.3, 0.4) is 0 Å². The van der Waals surface area contributed by atoms with Gasteiger partial charge in [-0.15, -0.1) is 0 Å². The van der Waals surface area contributed by atoms with Crippen molar-refractivity contribution in [3.8, 4) is 0 Å². The summed E-state index contributed by atoms with van der Waals surface area (Å²) in [6.07, 6.45) is 1.86. The molecule has 0 aliphatic carbocycles. The van der Waals surface area contributed by atoms with Crippen LogP contribution in [-0.4, -0.2) is 43.1 Å². The van der Waals surface area contributed by atoms with Gasteiger partial charge < -0.3 is 9.80 Å². The Morgan fingerprint density at radius 1 is 1.27 bits per heavy atom. The molecule has 15 heavy (non-hydrogen) atoms. The Morgan fingerprint density at radius 2 is 1.93 bits per heavy atom. The SMILES string of the molecule is Cc1cc(N2CCN(C)CC2)cnc1Cl. The molecule has 1 aromatic heterocycles. The van der Waals surface area contributed by atoms with E-state index in [0.29, 0.717) is 5.15 Å². The maximum Gasteiger partial charge on any atom is 0.132 e. The predicted molar refractivity (Wildman–Crippen MR) is 63.7 cm³/mol. The van der Waals surface area contributed by atoms with Gasteiger partial charge >= 0.3 is 0 Å². The molecule has 1 aliphatic rings. The van der Waals surface area contributed by atoms with Gasteiger partial charge in [-0.05, 0) is 25.6 Å². The number of hydrogen-bond acceptors (Lipinski definition) is 3. The molecule has 0 aromatic carbocycles. The van der Waals surface area contributed by atoms with Gasteiger partial charge in [0.25, 0.3) is 0 Å². The van der Waals surface area contributed by atoms with Gasteiger partial charge in [0, 0.05) is 26.2 Å². The van der Waals surface area contributed by atoms with E-state index in [0.717, 1.165) is 31.7 Å². The summed E-state index contributed by atoms with van der Waals surface area (Å²) in [5.74, 6) is 0. The van der Waals surface area contributed by atoms with Crippen LogP contribution in [0.25, 0.3) is 0 Å². The molecule has 1 fully saturated rings. The average Bonchev–Trinajstić information content (AvgIpc) is 2.23. The minimum Gasteiger partial charge on any atom is -0.368 e. The first-order valence-electron chi connectivity index (χ1n) is 5.22. The minimum absolute atomic E-state index is 0.605. The summed E-state index contributed by atoms with van der Waals surface area (Å²) in [4.78, 5) is 8.88. The molecule has 1 saturated heterocycles.